The van der Waals surface area contributed by atoms with Crippen LogP contribution in [0.15, 0.2) is 12.1 Å². The molecule has 92 valence electrons. The highest BCUT2D eigenvalue weighted by atomic mass is 19.2. The van der Waals surface area contributed by atoms with Crippen LogP contribution in [0, 0.1) is 23.0 Å². The van der Waals surface area contributed by atoms with Crippen LogP contribution in [0.2, 0.25) is 0 Å². The summed E-state index contributed by atoms with van der Waals surface area (Å²) in [7, 11) is 1.64. The maximum atomic E-state index is 13.6. The number of anilines is 1. The summed E-state index contributed by atoms with van der Waals surface area (Å²) in [5, 5.41) is 8.56. The summed E-state index contributed by atoms with van der Waals surface area (Å²) >= 11 is 0. The second kappa shape index (κ2) is 6.16. The molecule has 0 unspecified atom stereocenters. The van der Waals surface area contributed by atoms with Gasteiger partial charge in [-0.2, -0.15) is 5.26 Å². The van der Waals surface area contributed by atoms with Gasteiger partial charge in [0, 0.05) is 20.2 Å². The molecule has 1 aromatic rings. The Labute approximate surface area is 99.2 Å². The zero-order valence-corrected chi connectivity index (χ0v) is 9.83. The molecule has 0 fully saturated rings. The fourth-order valence-corrected chi connectivity index (χ4v) is 1.39. The van der Waals surface area contributed by atoms with Crippen molar-refractivity contribution in [3.63, 3.8) is 0 Å². The van der Waals surface area contributed by atoms with Gasteiger partial charge >= 0.3 is 0 Å². The second-order valence-corrected chi connectivity index (χ2v) is 3.49. The number of hydrogen-bond acceptors (Lipinski definition) is 3. The van der Waals surface area contributed by atoms with Gasteiger partial charge in [-0.1, -0.05) is 0 Å². The monoisotopic (exact) mass is 240 g/mol. The van der Waals surface area contributed by atoms with E-state index in [9.17, 15) is 8.78 Å². The average Bonchev–Trinajstić information content (AvgIpc) is 2.32. The van der Waals surface area contributed by atoms with Crippen molar-refractivity contribution in [2.24, 2.45) is 0 Å². The Morgan fingerprint density at radius 2 is 2.06 bits per heavy atom. The van der Waals surface area contributed by atoms with Crippen LogP contribution in [-0.4, -0.2) is 26.8 Å². The third kappa shape index (κ3) is 3.14. The molecule has 0 spiro atoms. The molecule has 0 saturated heterocycles. The van der Waals surface area contributed by atoms with Gasteiger partial charge in [-0.05, 0) is 19.1 Å². The number of likely N-dealkylation sites (N-methyl/N-ethyl adjacent to an activating group) is 1. The van der Waals surface area contributed by atoms with Crippen LogP contribution >= 0.6 is 0 Å². The zero-order valence-electron chi connectivity index (χ0n) is 9.83. The maximum Gasteiger partial charge on any atom is 0.183 e. The molecule has 0 aliphatic carbocycles. The minimum atomic E-state index is -1.10. The molecule has 0 aromatic heterocycles. The van der Waals surface area contributed by atoms with Crippen LogP contribution in [0.1, 0.15) is 12.5 Å². The smallest absolute Gasteiger partial charge is 0.183 e. The predicted octanol–water partition coefficient (Wildman–Crippen LogP) is 2.31. The third-order valence-corrected chi connectivity index (χ3v) is 2.37. The minimum Gasteiger partial charge on any atom is -0.380 e. The van der Waals surface area contributed by atoms with E-state index in [0.29, 0.717) is 19.8 Å². The summed E-state index contributed by atoms with van der Waals surface area (Å²) in [6, 6.07) is 4.26. The first-order chi connectivity index (χ1) is 8.11. The standard InChI is InChI=1S/C12H14F2N2O/c1-3-17-7-6-16(2)10-5-4-9(8-15)11(13)12(10)14/h4-5H,3,6-7H2,1-2H3. The van der Waals surface area contributed by atoms with E-state index in [0.717, 1.165) is 0 Å². The van der Waals surface area contributed by atoms with E-state index in [2.05, 4.69) is 0 Å². The first kappa shape index (κ1) is 13.4. The van der Waals surface area contributed by atoms with Gasteiger partial charge in [0.05, 0.1) is 17.9 Å². The summed E-state index contributed by atoms with van der Waals surface area (Å²) in [4.78, 5) is 1.55. The molecule has 0 saturated carbocycles. The SMILES string of the molecule is CCOCCN(C)c1ccc(C#N)c(F)c1F. The van der Waals surface area contributed by atoms with E-state index in [-0.39, 0.29) is 11.3 Å². The molecule has 17 heavy (non-hydrogen) atoms. The number of benzene rings is 1. The largest absolute Gasteiger partial charge is 0.380 e. The molecule has 0 bridgehead atoms. The maximum absolute atomic E-state index is 13.6. The van der Waals surface area contributed by atoms with Gasteiger partial charge in [-0.25, -0.2) is 8.78 Å². The van der Waals surface area contributed by atoms with E-state index in [4.69, 9.17) is 10.00 Å². The van der Waals surface area contributed by atoms with Crippen molar-refractivity contribution in [3.05, 3.63) is 29.3 Å². The van der Waals surface area contributed by atoms with Crippen molar-refractivity contribution in [2.45, 2.75) is 6.92 Å². The lowest BCUT2D eigenvalue weighted by atomic mass is 10.2. The molecule has 0 aliphatic rings. The lowest BCUT2D eigenvalue weighted by molar-refractivity contribution is 0.154. The molecule has 3 nitrogen and oxygen atoms in total. The fourth-order valence-electron chi connectivity index (χ4n) is 1.39. The van der Waals surface area contributed by atoms with Crippen LogP contribution in [0.3, 0.4) is 0 Å². The Bertz CT molecular complexity index is 429. The molecule has 0 amide bonds. The zero-order chi connectivity index (χ0) is 12.8. The van der Waals surface area contributed by atoms with E-state index >= 15 is 0 Å². The highest BCUT2D eigenvalue weighted by Crippen LogP contribution is 2.22. The van der Waals surface area contributed by atoms with Gasteiger partial charge in [0.25, 0.3) is 0 Å². The number of nitrogens with zero attached hydrogens (tertiary/aromatic N) is 2. The van der Waals surface area contributed by atoms with E-state index in [1.54, 1.807) is 18.0 Å². The summed E-state index contributed by atoms with van der Waals surface area (Å²) in [5.41, 5.74) is -0.161. The fraction of sp³-hybridized carbons (Fsp3) is 0.417. The lowest BCUT2D eigenvalue weighted by Gasteiger charge is -2.20. The average molecular weight is 240 g/mol. The summed E-state index contributed by atoms with van der Waals surface area (Å²) in [5.74, 6) is -2.10. The Morgan fingerprint density at radius 1 is 1.35 bits per heavy atom. The second-order valence-electron chi connectivity index (χ2n) is 3.49. The van der Waals surface area contributed by atoms with Gasteiger partial charge in [-0.3, -0.25) is 0 Å². The van der Waals surface area contributed by atoms with Crippen molar-refractivity contribution in [1.82, 2.24) is 0 Å². The molecule has 0 aliphatic heterocycles. The third-order valence-electron chi connectivity index (χ3n) is 2.37. The summed E-state index contributed by atoms with van der Waals surface area (Å²) in [6.45, 7) is 3.34. The molecular formula is C12H14F2N2O. The lowest BCUT2D eigenvalue weighted by Crippen LogP contribution is -2.24. The van der Waals surface area contributed by atoms with Gasteiger partial charge < -0.3 is 9.64 Å². The Balaban J connectivity index is 2.85. The summed E-state index contributed by atoms with van der Waals surface area (Å²) in [6.07, 6.45) is 0. The molecule has 0 N–H and O–H groups in total. The van der Waals surface area contributed by atoms with Crippen LogP contribution < -0.4 is 4.90 Å². The number of halogens is 2. The van der Waals surface area contributed by atoms with Crippen LogP contribution in [0.25, 0.3) is 0 Å². The van der Waals surface area contributed by atoms with Gasteiger partial charge in [0.15, 0.2) is 11.6 Å². The molecular weight excluding hydrogens is 226 g/mol. The highest BCUT2D eigenvalue weighted by molar-refractivity contribution is 5.51. The summed E-state index contributed by atoms with van der Waals surface area (Å²) < 4.78 is 32.1. The predicted molar refractivity (Wildman–Crippen MR) is 60.8 cm³/mol. The topological polar surface area (TPSA) is 36.3 Å². The molecule has 1 aromatic carbocycles. The van der Waals surface area contributed by atoms with E-state index in [1.807, 2.05) is 6.92 Å². The van der Waals surface area contributed by atoms with Crippen molar-refractivity contribution in [3.8, 4) is 6.07 Å². The van der Waals surface area contributed by atoms with Crippen molar-refractivity contribution in [2.75, 3.05) is 31.7 Å². The quantitative estimate of drug-likeness (QED) is 0.741. The van der Waals surface area contributed by atoms with E-state index < -0.39 is 11.6 Å². The molecule has 0 radical (unpaired) electrons. The van der Waals surface area contributed by atoms with Crippen molar-refractivity contribution in [1.29, 1.82) is 5.26 Å². The van der Waals surface area contributed by atoms with Crippen molar-refractivity contribution < 1.29 is 13.5 Å². The normalized spacial score (nSPS) is 10.1. The molecule has 0 atom stereocenters. The number of nitriles is 1. The minimum absolute atomic E-state index is 0.126. The van der Waals surface area contributed by atoms with Crippen molar-refractivity contribution >= 4 is 5.69 Å². The van der Waals surface area contributed by atoms with Crippen LogP contribution in [0.5, 0.6) is 0 Å². The molecule has 5 heteroatoms. The van der Waals surface area contributed by atoms with Gasteiger partial charge in [-0.15, -0.1) is 0 Å². The Hall–Kier alpha value is -1.67. The van der Waals surface area contributed by atoms with Gasteiger partial charge in [0.2, 0.25) is 0 Å². The first-order valence-corrected chi connectivity index (χ1v) is 5.28. The molecule has 1 rings (SSSR count). The molecule has 0 heterocycles. The van der Waals surface area contributed by atoms with Crippen LogP contribution in [-0.2, 0) is 4.74 Å². The Kier molecular flexibility index (Phi) is 4.85. The first-order valence-electron chi connectivity index (χ1n) is 5.28. The highest BCUT2D eigenvalue weighted by Gasteiger charge is 2.15. The van der Waals surface area contributed by atoms with Gasteiger partial charge in [0.1, 0.15) is 6.07 Å². The van der Waals surface area contributed by atoms with E-state index in [1.165, 1.54) is 12.1 Å². The Morgan fingerprint density at radius 3 is 2.65 bits per heavy atom. The van der Waals surface area contributed by atoms with Crippen LogP contribution in [0.4, 0.5) is 14.5 Å². The number of ether oxygens (including phenoxy) is 1. The number of rotatable bonds is 5. The number of hydrogen-bond donors (Lipinski definition) is 0.